The van der Waals surface area contributed by atoms with Crippen LogP contribution in [0.15, 0.2) is 0 Å². The summed E-state index contributed by atoms with van der Waals surface area (Å²) in [6, 6.07) is 0.351. The Morgan fingerprint density at radius 2 is 1.71 bits per heavy atom. The Labute approximate surface area is 108 Å². The van der Waals surface area contributed by atoms with Crippen LogP contribution >= 0.6 is 0 Å². The second-order valence-corrected chi connectivity index (χ2v) is 5.67. The van der Waals surface area contributed by atoms with Crippen LogP contribution in [0.1, 0.15) is 60.8 Å². The molecule has 3 N–H and O–H groups in total. The predicted octanol–water partition coefficient (Wildman–Crippen LogP) is 2.77. The first-order valence-electron chi connectivity index (χ1n) is 7.15. The lowest BCUT2D eigenvalue weighted by molar-refractivity contribution is 0.0803. The highest BCUT2D eigenvalue weighted by Gasteiger charge is 2.33. The van der Waals surface area contributed by atoms with Gasteiger partial charge in [-0.3, -0.25) is 16.2 Å². The predicted molar refractivity (Wildman–Crippen MR) is 76.8 cm³/mol. The Kier molecular flexibility index (Phi) is 8.01. The minimum Gasteiger partial charge on any atom is -0.297 e. The molecule has 0 aliphatic rings. The quantitative estimate of drug-likeness (QED) is 0.483. The topological polar surface area (TPSA) is 41.3 Å². The van der Waals surface area contributed by atoms with E-state index in [9.17, 15) is 0 Å². The maximum Gasteiger partial charge on any atom is 0.0391 e. The number of hydrogen-bond donors (Lipinski definition) is 2. The van der Waals surface area contributed by atoms with Gasteiger partial charge in [-0.05, 0) is 39.3 Å². The molecule has 0 heterocycles. The van der Waals surface area contributed by atoms with Crippen molar-refractivity contribution < 1.29 is 0 Å². The molecule has 0 spiro atoms. The van der Waals surface area contributed by atoms with Crippen molar-refractivity contribution in [3.05, 3.63) is 0 Å². The van der Waals surface area contributed by atoms with Crippen molar-refractivity contribution in [2.45, 2.75) is 72.4 Å². The van der Waals surface area contributed by atoms with Crippen LogP contribution in [0, 0.1) is 5.92 Å². The highest BCUT2D eigenvalue weighted by molar-refractivity contribution is 4.92. The van der Waals surface area contributed by atoms with E-state index in [4.69, 9.17) is 5.84 Å². The molecule has 0 aliphatic carbocycles. The summed E-state index contributed by atoms with van der Waals surface area (Å²) in [6.45, 7) is 15.7. The zero-order valence-electron chi connectivity index (χ0n) is 12.7. The van der Waals surface area contributed by atoms with E-state index in [-0.39, 0.29) is 5.54 Å². The molecule has 0 saturated carbocycles. The first kappa shape index (κ1) is 16.9. The lowest BCUT2D eigenvalue weighted by atomic mass is 9.85. The summed E-state index contributed by atoms with van der Waals surface area (Å²) >= 11 is 0. The first-order valence-corrected chi connectivity index (χ1v) is 7.15. The van der Waals surface area contributed by atoms with E-state index >= 15 is 0 Å². The molecule has 0 aromatic carbocycles. The molecule has 2 unspecified atom stereocenters. The summed E-state index contributed by atoms with van der Waals surface area (Å²) in [6.07, 6.45) is 3.69. The summed E-state index contributed by atoms with van der Waals surface area (Å²) in [4.78, 5) is 2.48. The van der Waals surface area contributed by atoms with Crippen LogP contribution < -0.4 is 11.3 Å². The van der Waals surface area contributed by atoms with E-state index in [0.29, 0.717) is 6.04 Å². The third-order valence-electron chi connectivity index (χ3n) is 4.05. The monoisotopic (exact) mass is 243 g/mol. The van der Waals surface area contributed by atoms with Crippen LogP contribution in [-0.2, 0) is 0 Å². The maximum atomic E-state index is 5.77. The number of hydrazine groups is 1. The highest BCUT2D eigenvalue weighted by Crippen LogP contribution is 2.24. The molecule has 104 valence electrons. The Morgan fingerprint density at radius 1 is 1.18 bits per heavy atom. The van der Waals surface area contributed by atoms with E-state index in [1.807, 2.05) is 0 Å². The molecular weight excluding hydrogens is 210 g/mol. The van der Waals surface area contributed by atoms with Gasteiger partial charge in [-0.15, -0.1) is 0 Å². The van der Waals surface area contributed by atoms with Gasteiger partial charge >= 0.3 is 0 Å². The average Bonchev–Trinajstić information content (AvgIpc) is 2.27. The van der Waals surface area contributed by atoms with E-state index in [1.165, 1.54) is 12.8 Å². The van der Waals surface area contributed by atoms with Gasteiger partial charge in [0.15, 0.2) is 0 Å². The number of hydrogen-bond acceptors (Lipinski definition) is 3. The number of nitrogens with zero attached hydrogens (tertiary/aromatic N) is 1. The molecule has 3 heteroatoms. The zero-order chi connectivity index (χ0) is 13.5. The van der Waals surface area contributed by atoms with Gasteiger partial charge in [0.25, 0.3) is 0 Å². The molecule has 0 rings (SSSR count). The van der Waals surface area contributed by atoms with Gasteiger partial charge in [-0.25, -0.2) is 0 Å². The second kappa shape index (κ2) is 8.06. The summed E-state index contributed by atoms with van der Waals surface area (Å²) < 4.78 is 0. The minimum absolute atomic E-state index is 0.111. The average molecular weight is 243 g/mol. The third kappa shape index (κ3) is 4.94. The van der Waals surface area contributed by atoms with E-state index in [1.54, 1.807) is 0 Å². The van der Waals surface area contributed by atoms with Gasteiger partial charge in [0.2, 0.25) is 0 Å². The summed E-state index contributed by atoms with van der Waals surface area (Å²) in [5, 5.41) is 0. The zero-order valence-corrected chi connectivity index (χ0v) is 12.7. The van der Waals surface area contributed by atoms with Gasteiger partial charge in [-0.2, -0.15) is 0 Å². The van der Waals surface area contributed by atoms with E-state index in [0.717, 1.165) is 25.4 Å². The van der Waals surface area contributed by atoms with Crippen molar-refractivity contribution in [3.63, 3.8) is 0 Å². The number of likely N-dealkylation sites (N-methyl/N-ethyl adjacent to an activating group) is 1. The van der Waals surface area contributed by atoms with E-state index in [2.05, 4.69) is 51.9 Å². The van der Waals surface area contributed by atoms with Gasteiger partial charge in [0.05, 0.1) is 0 Å². The fourth-order valence-corrected chi connectivity index (χ4v) is 2.83. The Balaban J connectivity index is 4.60. The van der Waals surface area contributed by atoms with E-state index < -0.39 is 0 Å². The SMILES string of the molecule is CCCC(C)CC(NN)C(C)(C)N(CC)CC. The van der Waals surface area contributed by atoms with Crippen LogP contribution in [0.25, 0.3) is 0 Å². The van der Waals surface area contributed by atoms with Crippen molar-refractivity contribution in [1.82, 2.24) is 10.3 Å². The van der Waals surface area contributed by atoms with Crippen molar-refractivity contribution in [2.24, 2.45) is 11.8 Å². The normalized spacial score (nSPS) is 16.2. The van der Waals surface area contributed by atoms with Gasteiger partial charge in [-0.1, -0.05) is 40.5 Å². The van der Waals surface area contributed by atoms with Crippen LogP contribution in [0.5, 0.6) is 0 Å². The molecule has 0 saturated heterocycles. The lowest BCUT2D eigenvalue weighted by Gasteiger charge is -2.44. The molecule has 3 nitrogen and oxygen atoms in total. The molecule has 0 fully saturated rings. The van der Waals surface area contributed by atoms with Gasteiger partial charge in [0, 0.05) is 11.6 Å². The molecule has 0 aromatic rings. The number of nitrogens with two attached hydrogens (primary N) is 1. The molecule has 17 heavy (non-hydrogen) atoms. The number of nitrogens with one attached hydrogen (secondary N) is 1. The second-order valence-electron chi connectivity index (χ2n) is 5.67. The molecule has 2 atom stereocenters. The fraction of sp³-hybridized carbons (Fsp3) is 1.00. The molecular formula is C14H33N3. The van der Waals surface area contributed by atoms with Gasteiger partial charge < -0.3 is 0 Å². The minimum atomic E-state index is 0.111. The summed E-state index contributed by atoms with van der Waals surface area (Å²) in [5.41, 5.74) is 3.15. The van der Waals surface area contributed by atoms with Crippen molar-refractivity contribution in [2.75, 3.05) is 13.1 Å². The Morgan fingerprint density at radius 3 is 2.06 bits per heavy atom. The Hall–Kier alpha value is -0.120. The standard InChI is InChI=1S/C14H33N3/c1-7-10-12(4)11-13(16-15)14(5,6)17(8-2)9-3/h12-13,16H,7-11,15H2,1-6H3. The Bertz CT molecular complexity index is 188. The third-order valence-corrected chi connectivity index (χ3v) is 4.05. The van der Waals surface area contributed by atoms with Crippen LogP contribution in [0.4, 0.5) is 0 Å². The molecule has 0 bridgehead atoms. The summed E-state index contributed by atoms with van der Waals surface area (Å²) in [7, 11) is 0. The van der Waals surface area contributed by atoms with Crippen LogP contribution in [0.3, 0.4) is 0 Å². The molecule has 0 aromatic heterocycles. The highest BCUT2D eigenvalue weighted by atomic mass is 15.3. The smallest absolute Gasteiger partial charge is 0.0391 e. The van der Waals surface area contributed by atoms with Crippen molar-refractivity contribution >= 4 is 0 Å². The first-order chi connectivity index (χ1) is 7.93. The molecule has 0 aliphatic heterocycles. The number of rotatable bonds is 9. The fourth-order valence-electron chi connectivity index (χ4n) is 2.83. The van der Waals surface area contributed by atoms with Crippen LogP contribution in [0.2, 0.25) is 0 Å². The lowest BCUT2D eigenvalue weighted by Crippen LogP contribution is -2.59. The van der Waals surface area contributed by atoms with Crippen LogP contribution in [-0.4, -0.2) is 29.6 Å². The van der Waals surface area contributed by atoms with Crippen molar-refractivity contribution in [3.8, 4) is 0 Å². The largest absolute Gasteiger partial charge is 0.297 e. The maximum absolute atomic E-state index is 5.77. The van der Waals surface area contributed by atoms with Gasteiger partial charge in [0.1, 0.15) is 0 Å². The van der Waals surface area contributed by atoms with Crippen molar-refractivity contribution in [1.29, 1.82) is 0 Å². The molecule has 0 amide bonds. The molecule has 0 radical (unpaired) electrons. The summed E-state index contributed by atoms with van der Waals surface area (Å²) in [5.74, 6) is 6.51.